The molecule has 0 aromatic carbocycles. The van der Waals surface area contributed by atoms with Gasteiger partial charge in [-0.15, -0.1) is 0 Å². The zero-order chi connectivity index (χ0) is 9.68. The molecule has 1 rings (SSSR count). The Morgan fingerprint density at radius 3 is 3.15 bits per heavy atom. The van der Waals surface area contributed by atoms with E-state index in [1.807, 2.05) is 6.07 Å². The molecule has 68 valence electrons. The minimum Gasteiger partial charge on any atom is -0.481 e. The summed E-state index contributed by atoms with van der Waals surface area (Å²) in [7, 11) is 0. The number of aliphatic carboxylic acids is 1. The lowest BCUT2D eigenvalue weighted by molar-refractivity contribution is -0.136. The van der Waals surface area contributed by atoms with Gasteiger partial charge in [-0.25, -0.2) is 0 Å². The molecule has 0 radical (unpaired) electrons. The highest BCUT2D eigenvalue weighted by molar-refractivity contribution is 5.67. The second-order valence-electron chi connectivity index (χ2n) is 2.60. The summed E-state index contributed by atoms with van der Waals surface area (Å²) in [6, 6.07) is 1.95. The van der Waals surface area contributed by atoms with Crippen molar-refractivity contribution in [3.8, 4) is 6.07 Å². The summed E-state index contributed by atoms with van der Waals surface area (Å²) in [5, 5.41) is 20.6. The van der Waals surface area contributed by atoms with Crippen LogP contribution in [-0.4, -0.2) is 20.9 Å². The number of rotatable bonds is 4. The first-order valence-corrected chi connectivity index (χ1v) is 3.82. The summed E-state index contributed by atoms with van der Waals surface area (Å²) in [6.07, 6.45) is 3.82. The minimum atomic E-state index is -0.826. The van der Waals surface area contributed by atoms with Crippen molar-refractivity contribution in [2.45, 2.75) is 19.4 Å². The first kappa shape index (κ1) is 9.26. The van der Waals surface area contributed by atoms with E-state index in [1.165, 1.54) is 4.68 Å². The number of nitrogens with zero attached hydrogens (tertiary/aromatic N) is 3. The number of carboxylic acids is 1. The Hall–Kier alpha value is -1.83. The molecule has 1 aromatic rings. The van der Waals surface area contributed by atoms with E-state index < -0.39 is 5.97 Å². The highest BCUT2D eigenvalue weighted by Crippen LogP contribution is 2.01. The lowest BCUT2D eigenvalue weighted by Gasteiger charge is -1.91. The van der Waals surface area contributed by atoms with E-state index in [4.69, 9.17) is 10.4 Å². The Balaban J connectivity index is 2.50. The Morgan fingerprint density at radius 2 is 2.54 bits per heavy atom. The first-order valence-electron chi connectivity index (χ1n) is 3.82. The smallest absolute Gasteiger partial charge is 0.303 e. The third-order valence-corrected chi connectivity index (χ3v) is 1.55. The maximum absolute atomic E-state index is 10.2. The van der Waals surface area contributed by atoms with Crippen LogP contribution in [0.25, 0.3) is 0 Å². The van der Waals surface area contributed by atoms with E-state index in [0.29, 0.717) is 6.42 Å². The predicted molar refractivity (Wildman–Crippen MR) is 43.8 cm³/mol. The van der Waals surface area contributed by atoms with Crippen LogP contribution in [0, 0.1) is 11.3 Å². The van der Waals surface area contributed by atoms with E-state index >= 15 is 0 Å². The Bertz CT molecular complexity index is 337. The largest absolute Gasteiger partial charge is 0.481 e. The fourth-order valence-corrected chi connectivity index (χ4v) is 0.946. The fourth-order valence-electron chi connectivity index (χ4n) is 0.946. The number of hydrogen-bond donors (Lipinski definition) is 1. The van der Waals surface area contributed by atoms with Gasteiger partial charge in [0.1, 0.15) is 6.54 Å². The highest BCUT2D eigenvalue weighted by Gasteiger charge is 2.01. The summed E-state index contributed by atoms with van der Waals surface area (Å²) in [4.78, 5) is 10.2. The molecule has 13 heavy (non-hydrogen) atoms. The van der Waals surface area contributed by atoms with E-state index in [0.717, 1.165) is 5.56 Å². The molecular formula is C8H9N3O2. The normalized spacial score (nSPS) is 9.46. The van der Waals surface area contributed by atoms with Crippen LogP contribution in [0.15, 0.2) is 12.4 Å². The number of aryl methyl sites for hydroxylation is 1. The Morgan fingerprint density at radius 1 is 1.77 bits per heavy atom. The summed E-state index contributed by atoms with van der Waals surface area (Å²) in [6.45, 7) is 0.201. The average molecular weight is 179 g/mol. The molecule has 5 nitrogen and oxygen atoms in total. The van der Waals surface area contributed by atoms with Crippen LogP contribution in [0.5, 0.6) is 0 Å². The van der Waals surface area contributed by atoms with Crippen LogP contribution < -0.4 is 0 Å². The molecule has 0 amide bonds. The maximum Gasteiger partial charge on any atom is 0.303 e. The summed E-state index contributed by atoms with van der Waals surface area (Å²) in [5.74, 6) is -0.826. The average Bonchev–Trinajstić information content (AvgIpc) is 2.50. The Kier molecular flexibility index (Phi) is 3.03. The van der Waals surface area contributed by atoms with Crippen LogP contribution in [0.1, 0.15) is 12.0 Å². The van der Waals surface area contributed by atoms with Gasteiger partial charge in [0.05, 0.1) is 12.3 Å². The molecule has 0 spiro atoms. The van der Waals surface area contributed by atoms with Crippen molar-refractivity contribution < 1.29 is 9.90 Å². The zero-order valence-electron chi connectivity index (χ0n) is 6.97. The molecule has 1 heterocycles. The van der Waals surface area contributed by atoms with Crippen LogP contribution in [0.2, 0.25) is 0 Å². The van der Waals surface area contributed by atoms with Gasteiger partial charge in [0.15, 0.2) is 0 Å². The first-order chi connectivity index (χ1) is 6.22. The lowest BCUT2D eigenvalue weighted by Crippen LogP contribution is -1.97. The molecule has 0 atom stereocenters. The van der Waals surface area contributed by atoms with Crippen molar-refractivity contribution in [3.63, 3.8) is 0 Å². The van der Waals surface area contributed by atoms with Crippen LogP contribution in [0.3, 0.4) is 0 Å². The van der Waals surface area contributed by atoms with Crippen LogP contribution >= 0.6 is 0 Å². The van der Waals surface area contributed by atoms with Crippen molar-refractivity contribution in [3.05, 3.63) is 18.0 Å². The second kappa shape index (κ2) is 4.26. The molecule has 0 bridgehead atoms. The van der Waals surface area contributed by atoms with E-state index in [-0.39, 0.29) is 13.0 Å². The number of carbonyl (C=O) groups is 1. The predicted octanol–water partition coefficient (Wildman–Crippen LogP) is 0.424. The molecule has 0 aliphatic heterocycles. The highest BCUT2D eigenvalue weighted by atomic mass is 16.4. The molecule has 5 heteroatoms. The summed E-state index contributed by atoms with van der Waals surface area (Å²) >= 11 is 0. The monoisotopic (exact) mass is 179 g/mol. The van der Waals surface area contributed by atoms with Gasteiger partial charge in [-0.3, -0.25) is 9.48 Å². The minimum absolute atomic E-state index is 0.0955. The van der Waals surface area contributed by atoms with Crippen molar-refractivity contribution in [1.82, 2.24) is 9.78 Å². The number of nitriles is 1. The lowest BCUT2D eigenvalue weighted by atomic mass is 10.2. The van der Waals surface area contributed by atoms with Gasteiger partial charge in [0, 0.05) is 12.6 Å². The summed E-state index contributed by atoms with van der Waals surface area (Å²) < 4.78 is 1.48. The van der Waals surface area contributed by atoms with Crippen molar-refractivity contribution >= 4 is 5.97 Å². The molecule has 1 N–H and O–H groups in total. The van der Waals surface area contributed by atoms with Gasteiger partial charge in [-0.2, -0.15) is 10.4 Å². The SMILES string of the molecule is N#CCn1cc(CCC(=O)O)cn1. The molecule has 0 saturated carbocycles. The molecule has 0 aliphatic carbocycles. The van der Waals surface area contributed by atoms with Gasteiger partial charge < -0.3 is 5.11 Å². The number of aromatic nitrogens is 2. The molecule has 0 saturated heterocycles. The van der Waals surface area contributed by atoms with Gasteiger partial charge in [0.2, 0.25) is 0 Å². The van der Waals surface area contributed by atoms with Crippen LogP contribution in [-0.2, 0) is 17.8 Å². The molecule has 0 unspecified atom stereocenters. The zero-order valence-corrected chi connectivity index (χ0v) is 6.97. The van der Waals surface area contributed by atoms with E-state index in [1.54, 1.807) is 12.4 Å². The van der Waals surface area contributed by atoms with Gasteiger partial charge in [-0.1, -0.05) is 0 Å². The molecule has 0 fully saturated rings. The number of carboxylic acid groups (broad SMARTS) is 1. The quantitative estimate of drug-likeness (QED) is 0.726. The molecule has 1 aromatic heterocycles. The maximum atomic E-state index is 10.2. The van der Waals surface area contributed by atoms with Crippen molar-refractivity contribution in [2.24, 2.45) is 0 Å². The van der Waals surface area contributed by atoms with Gasteiger partial charge in [0.25, 0.3) is 0 Å². The van der Waals surface area contributed by atoms with E-state index in [9.17, 15) is 4.79 Å². The fraction of sp³-hybridized carbons (Fsp3) is 0.375. The van der Waals surface area contributed by atoms with E-state index in [2.05, 4.69) is 5.10 Å². The van der Waals surface area contributed by atoms with Gasteiger partial charge in [-0.05, 0) is 12.0 Å². The third-order valence-electron chi connectivity index (χ3n) is 1.55. The standard InChI is InChI=1S/C8H9N3O2/c9-3-4-11-6-7(5-10-11)1-2-8(12)13/h5-6H,1-2,4H2,(H,12,13). The summed E-state index contributed by atoms with van der Waals surface area (Å²) in [5.41, 5.74) is 0.845. The molecular weight excluding hydrogens is 170 g/mol. The molecule has 0 aliphatic rings. The van der Waals surface area contributed by atoms with Crippen molar-refractivity contribution in [1.29, 1.82) is 5.26 Å². The van der Waals surface area contributed by atoms with Gasteiger partial charge >= 0.3 is 5.97 Å². The number of hydrogen-bond acceptors (Lipinski definition) is 3. The topological polar surface area (TPSA) is 78.9 Å². The third kappa shape index (κ3) is 2.95. The second-order valence-corrected chi connectivity index (χ2v) is 2.60. The van der Waals surface area contributed by atoms with Crippen LogP contribution in [0.4, 0.5) is 0 Å². The Labute approximate surface area is 75.2 Å². The van der Waals surface area contributed by atoms with Crippen molar-refractivity contribution in [2.75, 3.05) is 0 Å².